The van der Waals surface area contributed by atoms with Crippen LogP contribution in [-0.4, -0.2) is 15.6 Å². The van der Waals surface area contributed by atoms with Crippen LogP contribution in [0.25, 0.3) is 10.9 Å². The van der Waals surface area contributed by atoms with Gasteiger partial charge in [0.2, 0.25) is 0 Å². The average Bonchev–Trinajstić information content (AvgIpc) is 3.17. The topological polar surface area (TPSA) is 54.3 Å². The van der Waals surface area contributed by atoms with Crippen LogP contribution in [0.4, 0.5) is 11.4 Å². The van der Waals surface area contributed by atoms with E-state index in [0.717, 1.165) is 29.6 Å². The maximum absolute atomic E-state index is 11.7. The molecule has 0 unspecified atom stereocenters. The normalized spacial score (nSPS) is 11.0. The van der Waals surface area contributed by atoms with E-state index in [1.807, 2.05) is 18.2 Å². The third-order valence-corrected chi connectivity index (χ3v) is 6.12. The van der Waals surface area contributed by atoms with Crippen molar-refractivity contribution >= 4 is 39.8 Å². The number of rotatable bonds is 7. The molecule has 0 bridgehead atoms. The first-order valence-electron chi connectivity index (χ1n) is 11.1. The van der Waals surface area contributed by atoms with Gasteiger partial charge in [-0.15, -0.1) is 0 Å². The van der Waals surface area contributed by atoms with Crippen LogP contribution in [0.2, 0.25) is 5.02 Å². The van der Waals surface area contributed by atoms with Crippen molar-refractivity contribution in [2.75, 3.05) is 5.32 Å². The Hall–Kier alpha value is -4.02. The first-order valence-corrected chi connectivity index (χ1v) is 11.4. The standard InChI is InChI=1S/C29H23ClN2O2/c30-23-11-13-27(26(16-23)29(33)34)31-24-12-14-28-25(17-24)22(15-20-7-3-1-4-8-20)19-32(28)18-21-9-5-2-6-10-21/h1-14,16-17,19,31H,15,18H2,(H,33,34). The summed E-state index contributed by atoms with van der Waals surface area (Å²) >= 11 is 6.02. The molecule has 1 heterocycles. The first kappa shape index (κ1) is 21.8. The SMILES string of the molecule is O=C(O)c1cc(Cl)ccc1Nc1ccc2c(c1)c(Cc1ccccc1)cn2Cc1ccccc1. The fraction of sp³-hybridized carbons (Fsp3) is 0.0690. The Morgan fingerprint density at radius 1 is 0.853 bits per heavy atom. The highest BCUT2D eigenvalue weighted by atomic mass is 35.5. The zero-order chi connectivity index (χ0) is 23.5. The van der Waals surface area contributed by atoms with Crippen LogP contribution in [0.3, 0.4) is 0 Å². The van der Waals surface area contributed by atoms with Crippen molar-refractivity contribution in [3.05, 3.63) is 131 Å². The van der Waals surface area contributed by atoms with Crippen LogP contribution in [0.1, 0.15) is 27.0 Å². The summed E-state index contributed by atoms with van der Waals surface area (Å²) in [5.74, 6) is -1.02. The van der Waals surface area contributed by atoms with Gasteiger partial charge in [-0.1, -0.05) is 72.3 Å². The predicted octanol–water partition coefficient (Wildman–Crippen LogP) is 7.38. The molecule has 0 fully saturated rings. The molecule has 1 aromatic heterocycles. The molecule has 0 spiro atoms. The number of hydrogen-bond donors (Lipinski definition) is 2. The average molecular weight is 467 g/mol. The van der Waals surface area contributed by atoms with Gasteiger partial charge in [0.25, 0.3) is 0 Å². The maximum atomic E-state index is 11.7. The molecule has 0 aliphatic rings. The van der Waals surface area contributed by atoms with E-state index in [2.05, 4.69) is 76.7 Å². The minimum atomic E-state index is -1.02. The number of halogens is 1. The molecule has 0 amide bonds. The van der Waals surface area contributed by atoms with E-state index in [0.29, 0.717) is 10.7 Å². The molecule has 0 atom stereocenters. The molecule has 0 aliphatic carbocycles. The zero-order valence-corrected chi connectivity index (χ0v) is 19.2. The van der Waals surface area contributed by atoms with Gasteiger partial charge in [0.15, 0.2) is 0 Å². The Balaban J connectivity index is 1.56. The number of carboxylic acid groups (broad SMARTS) is 1. The van der Waals surface area contributed by atoms with Crippen molar-refractivity contribution in [3.8, 4) is 0 Å². The summed E-state index contributed by atoms with van der Waals surface area (Å²) in [6.45, 7) is 0.777. The maximum Gasteiger partial charge on any atom is 0.337 e. The molecular weight excluding hydrogens is 444 g/mol. The van der Waals surface area contributed by atoms with Crippen molar-refractivity contribution < 1.29 is 9.90 Å². The lowest BCUT2D eigenvalue weighted by Crippen LogP contribution is -2.02. The van der Waals surface area contributed by atoms with Gasteiger partial charge in [-0.05, 0) is 59.5 Å². The fourth-order valence-electron chi connectivity index (χ4n) is 4.27. The largest absolute Gasteiger partial charge is 0.478 e. The van der Waals surface area contributed by atoms with Gasteiger partial charge in [0.1, 0.15) is 0 Å². The minimum Gasteiger partial charge on any atom is -0.478 e. The lowest BCUT2D eigenvalue weighted by molar-refractivity contribution is 0.0698. The molecular formula is C29H23ClN2O2. The fourth-order valence-corrected chi connectivity index (χ4v) is 4.45. The van der Waals surface area contributed by atoms with Gasteiger partial charge in [-0.25, -0.2) is 4.79 Å². The van der Waals surface area contributed by atoms with Crippen LogP contribution < -0.4 is 5.32 Å². The summed E-state index contributed by atoms with van der Waals surface area (Å²) in [4.78, 5) is 11.7. The van der Waals surface area contributed by atoms with Crippen LogP contribution >= 0.6 is 11.6 Å². The number of anilines is 2. The molecule has 0 aliphatic heterocycles. The molecule has 5 heteroatoms. The van der Waals surface area contributed by atoms with Crippen LogP contribution in [0, 0.1) is 0 Å². The van der Waals surface area contributed by atoms with Crippen molar-refractivity contribution in [1.29, 1.82) is 0 Å². The molecule has 0 radical (unpaired) electrons. The van der Waals surface area contributed by atoms with Crippen molar-refractivity contribution in [1.82, 2.24) is 4.57 Å². The number of aromatic carboxylic acids is 1. The molecule has 0 saturated heterocycles. The summed E-state index contributed by atoms with van der Waals surface area (Å²) in [6, 6.07) is 31.8. The van der Waals surface area contributed by atoms with E-state index in [1.165, 1.54) is 22.8 Å². The molecule has 5 rings (SSSR count). The quantitative estimate of drug-likeness (QED) is 0.263. The second-order valence-electron chi connectivity index (χ2n) is 8.28. The number of hydrogen-bond acceptors (Lipinski definition) is 2. The van der Waals surface area contributed by atoms with Gasteiger partial charge in [-0.3, -0.25) is 0 Å². The van der Waals surface area contributed by atoms with Crippen molar-refractivity contribution in [2.45, 2.75) is 13.0 Å². The number of carboxylic acids is 1. The van der Waals surface area contributed by atoms with E-state index in [4.69, 9.17) is 11.6 Å². The van der Waals surface area contributed by atoms with Gasteiger partial charge in [-0.2, -0.15) is 0 Å². The first-order chi connectivity index (χ1) is 16.6. The zero-order valence-electron chi connectivity index (χ0n) is 18.4. The predicted molar refractivity (Wildman–Crippen MR) is 138 cm³/mol. The number of nitrogens with zero attached hydrogens (tertiary/aromatic N) is 1. The van der Waals surface area contributed by atoms with Crippen LogP contribution in [0.5, 0.6) is 0 Å². The van der Waals surface area contributed by atoms with E-state index in [-0.39, 0.29) is 5.56 Å². The van der Waals surface area contributed by atoms with Crippen molar-refractivity contribution in [3.63, 3.8) is 0 Å². The summed E-state index contributed by atoms with van der Waals surface area (Å²) in [5, 5.41) is 14.4. The highest BCUT2D eigenvalue weighted by Gasteiger charge is 2.14. The minimum absolute atomic E-state index is 0.138. The monoisotopic (exact) mass is 466 g/mol. The number of nitrogens with one attached hydrogen (secondary N) is 1. The molecule has 0 saturated carbocycles. The molecule has 5 aromatic rings. The number of carbonyl (C=O) groups is 1. The summed E-state index contributed by atoms with van der Waals surface area (Å²) in [5.41, 5.74) is 6.29. The number of fused-ring (bicyclic) bond motifs is 1. The van der Waals surface area contributed by atoms with Crippen LogP contribution in [0.15, 0.2) is 103 Å². The van der Waals surface area contributed by atoms with E-state index in [1.54, 1.807) is 12.1 Å². The molecule has 34 heavy (non-hydrogen) atoms. The van der Waals surface area contributed by atoms with Gasteiger partial charge in [0, 0.05) is 34.4 Å². The number of benzene rings is 4. The lowest BCUT2D eigenvalue weighted by Gasteiger charge is -2.11. The van der Waals surface area contributed by atoms with E-state index >= 15 is 0 Å². The Morgan fingerprint density at radius 2 is 1.56 bits per heavy atom. The second kappa shape index (κ2) is 9.46. The van der Waals surface area contributed by atoms with Gasteiger partial charge < -0.3 is 15.0 Å². The van der Waals surface area contributed by atoms with Gasteiger partial charge >= 0.3 is 5.97 Å². The molecule has 4 nitrogen and oxygen atoms in total. The van der Waals surface area contributed by atoms with Crippen molar-refractivity contribution in [2.24, 2.45) is 0 Å². The van der Waals surface area contributed by atoms with Gasteiger partial charge in [0.05, 0.1) is 11.3 Å². The summed E-state index contributed by atoms with van der Waals surface area (Å²) < 4.78 is 2.28. The smallest absolute Gasteiger partial charge is 0.337 e. The highest BCUT2D eigenvalue weighted by Crippen LogP contribution is 2.30. The van der Waals surface area contributed by atoms with Crippen LogP contribution in [-0.2, 0) is 13.0 Å². The third-order valence-electron chi connectivity index (χ3n) is 5.89. The molecule has 4 aromatic carbocycles. The Bertz CT molecular complexity index is 1460. The number of aromatic nitrogens is 1. The Kier molecular flexibility index (Phi) is 6.07. The third kappa shape index (κ3) is 4.68. The summed E-state index contributed by atoms with van der Waals surface area (Å²) in [7, 11) is 0. The van der Waals surface area contributed by atoms with E-state index < -0.39 is 5.97 Å². The molecule has 2 N–H and O–H groups in total. The Labute approximate surface area is 203 Å². The second-order valence-corrected chi connectivity index (χ2v) is 8.72. The summed E-state index contributed by atoms with van der Waals surface area (Å²) in [6.07, 6.45) is 3.03. The van der Waals surface area contributed by atoms with E-state index in [9.17, 15) is 9.90 Å². The lowest BCUT2D eigenvalue weighted by atomic mass is 10.0. The molecule has 168 valence electrons. The Morgan fingerprint density at radius 3 is 2.26 bits per heavy atom. The highest BCUT2D eigenvalue weighted by molar-refractivity contribution is 6.31.